The van der Waals surface area contributed by atoms with Crippen LogP contribution in [-0.4, -0.2) is 9.55 Å². The van der Waals surface area contributed by atoms with Crippen molar-refractivity contribution < 1.29 is 40.0 Å². The van der Waals surface area contributed by atoms with Crippen molar-refractivity contribution in [3.63, 3.8) is 0 Å². The molecule has 12 rings (SSSR count). The van der Waals surface area contributed by atoms with Gasteiger partial charge in [0, 0.05) is 62.1 Å². The number of rotatable bonds is 5. The first kappa shape index (κ1) is 38.2. The predicted molar refractivity (Wildman–Crippen MR) is 240 cm³/mol. The summed E-state index contributed by atoms with van der Waals surface area (Å²) in [5.74, 6) is 6.33. The maximum absolute atomic E-state index is 6.55. The molecule has 0 atom stereocenters. The molecule has 0 radical (unpaired) electrons. The van der Waals surface area contributed by atoms with Gasteiger partial charge in [-0.05, 0) is 82.2 Å². The van der Waals surface area contributed by atoms with E-state index in [-0.39, 0.29) is 31.9 Å². The van der Waals surface area contributed by atoms with Crippen molar-refractivity contribution >= 4 is 50.2 Å². The van der Waals surface area contributed by atoms with Gasteiger partial charge in [0.25, 0.3) is 0 Å². The van der Waals surface area contributed by atoms with Crippen LogP contribution in [0.15, 0.2) is 128 Å². The smallest absolute Gasteiger partial charge is 0.157 e. The first-order valence-electron chi connectivity index (χ1n) is 20.5. The Morgan fingerprint density at radius 1 is 0.581 bits per heavy atom. The monoisotopic (exact) mass is 993 g/mol. The Labute approximate surface area is 374 Å². The number of hydrogen-bond acceptors (Lipinski definition) is 8. The van der Waals surface area contributed by atoms with Crippen molar-refractivity contribution in [2.24, 2.45) is 0 Å². The molecule has 4 aliphatic rings. The van der Waals surface area contributed by atoms with Gasteiger partial charge in [0.05, 0.1) is 0 Å². The van der Waals surface area contributed by atoms with Crippen LogP contribution in [0.3, 0.4) is 0 Å². The summed E-state index contributed by atoms with van der Waals surface area (Å²) in [7, 11) is 0. The van der Waals surface area contributed by atoms with Crippen LogP contribution < -0.4 is 33.6 Å². The fourth-order valence-electron chi connectivity index (χ4n) is 8.67. The van der Waals surface area contributed by atoms with Crippen molar-refractivity contribution in [2.75, 3.05) is 14.7 Å². The molecule has 0 N–H and O–H groups in total. The Balaban J connectivity index is 0.00000432. The molecule has 10 heteroatoms. The summed E-state index contributed by atoms with van der Waals surface area (Å²) in [5.41, 5.74) is 8.71. The first-order chi connectivity index (χ1) is 29.4. The van der Waals surface area contributed by atoms with Gasteiger partial charge >= 0.3 is 0 Å². The molecular formula is C52H40N5O4Pt-3. The minimum Gasteiger partial charge on any atom is -0.509 e. The molecule has 6 heterocycles. The standard InChI is InChI=1S/C52H40N5O4.Pt/c1-51(2,3)31-16-19-39-38(24-31)37-18-17-36(29-40(37)56(39)47-25-32(20-21-53-47)52(4,5)6)58-35-11-7-10-33(26-35)54-22-23-55(30-54)34-27-45-50-46(28-34)61-44-15-9-13-42-49(44)57(50)48-41(59-42)12-8-14-43(48)60-45;/h7-25,27-28,30H,1-6H3;/q-3;. The van der Waals surface area contributed by atoms with Crippen LogP contribution in [0.1, 0.15) is 52.7 Å². The minimum absolute atomic E-state index is 0. The number of nitrogens with zero attached hydrogens (tertiary/aromatic N) is 5. The molecule has 0 bridgehead atoms. The van der Waals surface area contributed by atoms with E-state index in [1.54, 1.807) is 0 Å². The summed E-state index contributed by atoms with van der Waals surface area (Å²) in [5, 5.41) is 2.24. The molecule has 0 spiro atoms. The van der Waals surface area contributed by atoms with E-state index in [0.29, 0.717) is 23.0 Å². The molecule has 4 aliphatic heterocycles. The van der Waals surface area contributed by atoms with E-state index in [1.165, 1.54) is 11.1 Å². The number of anilines is 5. The van der Waals surface area contributed by atoms with Gasteiger partial charge in [-0.2, -0.15) is 12.1 Å². The molecule has 9 nitrogen and oxygen atoms in total. The normalized spacial score (nSPS) is 14.3. The number of aromatic nitrogens is 2. The molecule has 0 saturated carbocycles. The van der Waals surface area contributed by atoms with Gasteiger partial charge in [0.1, 0.15) is 22.9 Å². The van der Waals surface area contributed by atoms with Crippen LogP contribution in [0.4, 0.5) is 28.4 Å². The Bertz CT molecular complexity index is 3120. The van der Waals surface area contributed by atoms with E-state index in [1.807, 2.05) is 108 Å². The predicted octanol–water partition coefficient (Wildman–Crippen LogP) is 13.9. The molecule has 0 unspecified atom stereocenters. The van der Waals surface area contributed by atoms with Crippen molar-refractivity contribution in [3.8, 4) is 51.8 Å². The van der Waals surface area contributed by atoms with Crippen molar-refractivity contribution in [1.82, 2.24) is 9.55 Å². The van der Waals surface area contributed by atoms with Gasteiger partial charge in [-0.1, -0.05) is 71.3 Å². The zero-order valence-corrected chi connectivity index (χ0v) is 37.2. The molecule has 0 saturated heterocycles. The fraction of sp³-hybridized carbons (Fsp3) is 0.154. The van der Waals surface area contributed by atoms with E-state index in [0.717, 1.165) is 79.1 Å². The van der Waals surface area contributed by atoms with Crippen LogP contribution >= 0.6 is 0 Å². The molecular weight excluding hydrogens is 954 g/mol. The van der Waals surface area contributed by atoms with Crippen molar-refractivity contribution in [2.45, 2.75) is 52.4 Å². The summed E-state index contributed by atoms with van der Waals surface area (Å²) < 4.78 is 28.1. The van der Waals surface area contributed by atoms with E-state index in [2.05, 4.69) is 99.5 Å². The number of ether oxygens (including phenoxy) is 4. The Morgan fingerprint density at radius 2 is 1.18 bits per heavy atom. The van der Waals surface area contributed by atoms with Gasteiger partial charge in [-0.25, -0.2) is 4.98 Å². The maximum Gasteiger partial charge on any atom is 0.157 e. The molecule has 2 aromatic heterocycles. The summed E-state index contributed by atoms with van der Waals surface area (Å²) in [6.45, 7) is 15.4. The summed E-state index contributed by atoms with van der Waals surface area (Å²) in [4.78, 5) is 11.1. The van der Waals surface area contributed by atoms with Gasteiger partial charge in [0.15, 0.2) is 34.5 Å². The summed E-state index contributed by atoms with van der Waals surface area (Å²) in [6, 6.07) is 44.0. The average molecular weight is 994 g/mol. The van der Waals surface area contributed by atoms with Gasteiger partial charge in [-0.3, -0.25) is 4.90 Å². The van der Waals surface area contributed by atoms with Crippen LogP contribution in [0.5, 0.6) is 46.0 Å². The molecule has 310 valence electrons. The van der Waals surface area contributed by atoms with Crippen LogP contribution in [-0.2, 0) is 31.9 Å². The van der Waals surface area contributed by atoms with Crippen LogP contribution in [0, 0.1) is 18.8 Å². The molecule has 8 aromatic rings. The van der Waals surface area contributed by atoms with Crippen LogP contribution in [0.2, 0.25) is 0 Å². The quantitative estimate of drug-likeness (QED) is 0.158. The maximum atomic E-state index is 6.55. The second-order valence-electron chi connectivity index (χ2n) is 17.9. The molecule has 0 amide bonds. The SMILES string of the molecule is CC(C)(C)c1ccnc(-n2c3[c-]c(Oc4[c-]c(N5C=CN(c6cc7c8c(c6)Oc6cccc9c6N8c6c(cccc6O7)O9)[CH-]5)ccc4)ccc3c3cc(C(C)(C)C)ccc32)c1.[Pt]. The number of para-hydroxylation sites is 2. The van der Waals surface area contributed by atoms with Gasteiger partial charge in [0.2, 0.25) is 0 Å². The van der Waals surface area contributed by atoms with Crippen molar-refractivity contribution in [3.05, 3.63) is 158 Å². The third-order valence-corrected chi connectivity index (χ3v) is 11.8. The van der Waals surface area contributed by atoms with Crippen LogP contribution in [0.25, 0.3) is 27.6 Å². The van der Waals surface area contributed by atoms with E-state index in [4.69, 9.17) is 23.9 Å². The Hall–Kier alpha value is -6.70. The number of benzene rings is 6. The minimum atomic E-state index is -0.0358. The zero-order chi connectivity index (χ0) is 41.4. The van der Waals surface area contributed by atoms with E-state index < -0.39 is 0 Å². The second-order valence-corrected chi connectivity index (χ2v) is 17.9. The Kier molecular flexibility index (Phi) is 8.42. The number of fused-ring (bicyclic) bond motifs is 3. The van der Waals surface area contributed by atoms with E-state index >= 15 is 0 Å². The topological polar surface area (TPSA) is 64.5 Å². The van der Waals surface area contributed by atoms with Gasteiger partial charge in [-0.15, -0.1) is 48.1 Å². The third kappa shape index (κ3) is 5.97. The Morgan fingerprint density at radius 3 is 1.85 bits per heavy atom. The number of hydrogen-bond donors (Lipinski definition) is 0. The first-order valence-corrected chi connectivity index (χ1v) is 20.5. The molecule has 0 fully saturated rings. The van der Waals surface area contributed by atoms with Crippen molar-refractivity contribution in [1.29, 1.82) is 0 Å². The zero-order valence-electron chi connectivity index (χ0n) is 34.9. The summed E-state index contributed by atoms with van der Waals surface area (Å²) >= 11 is 0. The van der Waals surface area contributed by atoms with Gasteiger partial charge < -0.3 is 33.3 Å². The molecule has 0 aliphatic carbocycles. The molecule has 6 aromatic carbocycles. The van der Waals surface area contributed by atoms with E-state index in [9.17, 15) is 0 Å². The fourth-order valence-corrected chi connectivity index (χ4v) is 8.67. The largest absolute Gasteiger partial charge is 0.509 e. The third-order valence-electron chi connectivity index (χ3n) is 11.8. The number of pyridine rings is 1. The second kappa shape index (κ2) is 13.7. The average Bonchev–Trinajstić information content (AvgIpc) is 3.87. The summed E-state index contributed by atoms with van der Waals surface area (Å²) in [6.07, 6.45) is 5.90. The molecule has 62 heavy (non-hydrogen) atoms.